The summed E-state index contributed by atoms with van der Waals surface area (Å²) in [6.45, 7) is 3.40. The molecule has 2 aliphatic rings. The lowest BCUT2D eigenvalue weighted by atomic mass is 9.97. The predicted octanol–water partition coefficient (Wildman–Crippen LogP) is 5.50. The van der Waals surface area contributed by atoms with E-state index in [0.29, 0.717) is 28.8 Å². The van der Waals surface area contributed by atoms with E-state index in [1.165, 1.54) is 31.0 Å². The van der Waals surface area contributed by atoms with Crippen molar-refractivity contribution in [1.29, 1.82) is 0 Å². The Labute approximate surface area is 231 Å². The van der Waals surface area contributed by atoms with E-state index in [-0.39, 0.29) is 41.9 Å². The number of hydrogen-bond acceptors (Lipinski definition) is 5. The topological polar surface area (TPSA) is 67.6 Å². The largest absolute Gasteiger partial charge is 0.491 e. The molecule has 8 heteroatoms. The van der Waals surface area contributed by atoms with Gasteiger partial charge in [-0.05, 0) is 91.6 Å². The summed E-state index contributed by atoms with van der Waals surface area (Å²) in [6.07, 6.45) is 4.65. The van der Waals surface area contributed by atoms with E-state index < -0.39 is 5.82 Å². The van der Waals surface area contributed by atoms with Crippen LogP contribution in [0.15, 0.2) is 65.5 Å². The number of benzene rings is 3. The Morgan fingerprint density at radius 2 is 1.80 bits per heavy atom. The third-order valence-electron chi connectivity index (χ3n) is 7.91. The minimum Gasteiger partial charge on any atom is -0.491 e. The van der Waals surface area contributed by atoms with Crippen molar-refractivity contribution < 1.29 is 18.6 Å². The van der Waals surface area contributed by atoms with E-state index in [1.54, 1.807) is 47.0 Å². The van der Waals surface area contributed by atoms with Gasteiger partial charge in [0.1, 0.15) is 29.8 Å². The number of nitrogens with zero attached hydrogens (tertiary/aromatic N) is 3. The number of halogens is 2. The molecule has 1 atom stereocenters. The minimum atomic E-state index is -0.550. The van der Waals surface area contributed by atoms with Crippen molar-refractivity contribution in [3.05, 3.63) is 82.7 Å². The summed E-state index contributed by atoms with van der Waals surface area (Å²) in [6, 6.07) is 16.0. The fraction of sp³-hybridized carbons (Fsp3) is 0.375. The highest BCUT2D eigenvalue weighted by molar-refractivity contribution is 5.85. The molecule has 0 spiro atoms. The van der Waals surface area contributed by atoms with Crippen LogP contribution in [-0.4, -0.2) is 52.4 Å². The lowest BCUT2D eigenvalue weighted by Gasteiger charge is -2.33. The maximum atomic E-state index is 15.4. The van der Waals surface area contributed by atoms with Crippen LogP contribution in [0, 0.1) is 23.5 Å². The van der Waals surface area contributed by atoms with E-state index in [0.717, 1.165) is 44.0 Å². The van der Waals surface area contributed by atoms with Gasteiger partial charge < -0.3 is 14.7 Å². The standard InChI is InChI=1S/C32H33F2N3O3/c33-25-5-1-4-23(15-25)24-8-11-30-28(16-24)32(39)37(20-22-3-2-12-36(19-22)18-21-6-7-21)31(35-30)27-10-9-26(17-29(27)34)40-14-13-38/h1,4-5,8-11,15-17,21-22,38H,2-3,6-7,12-14,18-20H2. The lowest BCUT2D eigenvalue weighted by Crippen LogP contribution is -2.39. The summed E-state index contributed by atoms with van der Waals surface area (Å²) < 4.78 is 36.4. The van der Waals surface area contributed by atoms with Gasteiger partial charge in [0.15, 0.2) is 0 Å². The molecule has 1 unspecified atom stereocenters. The van der Waals surface area contributed by atoms with Gasteiger partial charge in [-0.15, -0.1) is 0 Å². The normalized spacial score (nSPS) is 17.8. The lowest BCUT2D eigenvalue weighted by molar-refractivity contribution is 0.156. The van der Waals surface area contributed by atoms with Gasteiger partial charge in [-0.3, -0.25) is 9.36 Å². The number of hydrogen-bond donors (Lipinski definition) is 1. The Morgan fingerprint density at radius 3 is 2.58 bits per heavy atom. The molecule has 6 nitrogen and oxygen atoms in total. The molecule has 4 aromatic rings. The van der Waals surface area contributed by atoms with Crippen molar-refractivity contribution >= 4 is 10.9 Å². The summed E-state index contributed by atoms with van der Waals surface area (Å²) in [7, 11) is 0. The molecule has 2 heterocycles. The van der Waals surface area contributed by atoms with Gasteiger partial charge in [-0.1, -0.05) is 18.2 Å². The first-order chi connectivity index (χ1) is 19.5. The van der Waals surface area contributed by atoms with E-state index in [4.69, 9.17) is 14.8 Å². The molecule has 0 bridgehead atoms. The predicted molar refractivity (Wildman–Crippen MR) is 151 cm³/mol. The molecule has 1 saturated carbocycles. The van der Waals surface area contributed by atoms with Crippen molar-refractivity contribution in [3.63, 3.8) is 0 Å². The van der Waals surface area contributed by atoms with Crippen molar-refractivity contribution in [2.24, 2.45) is 11.8 Å². The minimum absolute atomic E-state index is 0.0599. The van der Waals surface area contributed by atoms with Crippen LogP contribution in [0.2, 0.25) is 0 Å². The van der Waals surface area contributed by atoms with Gasteiger partial charge >= 0.3 is 0 Å². The fourth-order valence-corrected chi connectivity index (χ4v) is 5.76. The van der Waals surface area contributed by atoms with Crippen LogP contribution in [0.4, 0.5) is 8.78 Å². The number of fused-ring (bicyclic) bond motifs is 1. The number of aliphatic hydroxyl groups is 1. The monoisotopic (exact) mass is 545 g/mol. The molecular weight excluding hydrogens is 512 g/mol. The zero-order valence-corrected chi connectivity index (χ0v) is 22.4. The molecule has 1 aliphatic carbocycles. The van der Waals surface area contributed by atoms with Crippen molar-refractivity contribution in [3.8, 4) is 28.3 Å². The first-order valence-corrected chi connectivity index (χ1v) is 14.0. The summed E-state index contributed by atoms with van der Waals surface area (Å²) in [5, 5.41) is 9.46. The highest BCUT2D eigenvalue weighted by Gasteiger charge is 2.29. The zero-order chi connectivity index (χ0) is 27.6. The summed E-state index contributed by atoms with van der Waals surface area (Å²) in [5.74, 6) is 0.713. The number of likely N-dealkylation sites (tertiary alicyclic amines) is 1. The van der Waals surface area contributed by atoms with Gasteiger partial charge in [-0.2, -0.15) is 0 Å². The Balaban J connectivity index is 1.42. The van der Waals surface area contributed by atoms with Gasteiger partial charge in [0, 0.05) is 25.7 Å². The highest BCUT2D eigenvalue weighted by atomic mass is 19.1. The Bertz CT molecular complexity index is 1580. The molecule has 1 aromatic heterocycles. The average Bonchev–Trinajstić information content (AvgIpc) is 3.77. The van der Waals surface area contributed by atoms with Crippen LogP contribution < -0.4 is 10.3 Å². The Hall–Kier alpha value is -3.62. The van der Waals surface area contributed by atoms with Crippen molar-refractivity contribution in [2.45, 2.75) is 32.2 Å². The number of aliphatic hydroxyl groups excluding tert-OH is 1. The van der Waals surface area contributed by atoms with Gasteiger partial charge in [0.25, 0.3) is 5.56 Å². The second kappa shape index (κ2) is 11.5. The summed E-state index contributed by atoms with van der Waals surface area (Å²) in [4.78, 5) is 21.4. The van der Waals surface area contributed by atoms with Crippen LogP contribution >= 0.6 is 0 Å². The van der Waals surface area contributed by atoms with E-state index in [1.807, 2.05) is 0 Å². The molecule has 1 N–H and O–H groups in total. The number of aromatic nitrogens is 2. The number of ether oxygens (including phenoxy) is 1. The first kappa shape index (κ1) is 26.6. The van der Waals surface area contributed by atoms with Crippen molar-refractivity contribution in [2.75, 3.05) is 32.8 Å². The second-order valence-corrected chi connectivity index (χ2v) is 11.0. The molecule has 1 aliphatic heterocycles. The van der Waals surface area contributed by atoms with Crippen LogP contribution in [-0.2, 0) is 6.54 Å². The quantitative estimate of drug-likeness (QED) is 0.301. The van der Waals surface area contributed by atoms with Crippen LogP contribution in [0.1, 0.15) is 25.7 Å². The molecule has 2 fully saturated rings. The maximum absolute atomic E-state index is 15.4. The van der Waals surface area contributed by atoms with E-state index >= 15 is 4.39 Å². The Morgan fingerprint density at radius 1 is 0.950 bits per heavy atom. The number of piperidine rings is 1. The second-order valence-electron chi connectivity index (χ2n) is 11.0. The molecule has 0 radical (unpaired) electrons. The molecule has 40 heavy (non-hydrogen) atoms. The first-order valence-electron chi connectivity index (χ1n) is 14.0. The maximum Gasteiger partial charge on any atom is 0.261 e. The zero-order valence-electron chi connectivity index (χ0n) is 22.4. The van der Waals surface area contributed by atoms with Gasteiger partial charge in [0.2, 0.25) is 0 Å². The van der Waals surface area contributed by atoms with Gasteiger partial charge in [-0.25, -0.2) is 13.8 Å². The molecule has 3 aromatic carbocycles. The average molecular weight is 546 g/mol. The SMILES string of the molecule is O=c1c2cc(-c3cccc(F)c3)ccc2nc(-c2ccc(OCCO)cc2F)n1CC1CCCN(CC2CC2)C1. The van der Waals surface area contributed by atoms with Crippen LogP contribution in [0.5, 0.6) is 5.75 Å². The third kappa shape index (κ3) is 5.78. The smallest absolute Gasteiger partial charge is 0.261 e. The van der Waals surface area contributed by atoms with Crippen LogP contribution in [0.25, 0.3) is 33.4 Å². The Kier molecular flexibility index (Phi) is 7.63. The molecule has 0 amide bonds. The third-order valence-corrected chi connectivity index (χ3v) is 7.91. The summed E-state index contributed by atoms with van der Waals surface area (Å²) in [5.41, 5.74) is 1.82. The fourth-order valence-electron chi connectivity index (χ4n) is 5.76. The van der Waals surface area contributed by atoms with Gasteiger partial charge in [0.05, 0.1) is 23.1 Å². The van der Waals surface area contributed by atoms with E-state index in [2.05, 4.69) is 4.90 Å². The summed E-state index contributed by atoms with van der Waals surface area (Å²) >= 11 is 0. The highest BCUT2D eigenvalue weighted by Crippen LogP contribution is 2.32. The molecule has 208 valence electrons. The van der Waals surface area contributed by atoms with E-state index in [9.17, 15) is 9.18 Å². The van der Waals surface area contributed by atoms with Crippen LogP contribution in [0.3, 0.4) is 0 Å². The molecule has 1 saturated heterocycles. The number of rotatable bonds is 9. The molecular formula is C32H33F2N3O3. The van der Waals surface area contributed by atoms with Crippen molar-refractivity contribution in [1.82, 2.24) is 14.5 Å². The molecule has 6 rings (SSSR count).